The number of aryl methyl sites for hydroxylation is 1. The Morgan fingerprint density at radius 2 is 2.03 bits per heavy atom. The van der Waals surface area contributed by atoms with Crippen molar-refractivity contribution < 1.29 is 9.52 Å². The van der Waals surface area contributed by atoms with Crippen molar-refractivity contribution in [3.05, 3.63) is 35.4 Å². The first-order valence-corrected chi connectivity index (χ1v) is 10.0. The zero-order valence-corrected chi connectivity index (χ0v) is 16.6. The monoisotopic (exact) mass is 389 g/mol. The molecule has 3 aromatic rings. The van der Waals surface area contributed by atoms with E-state index in [9.17, 15) is 5.11 Å². The van der Waals surface area contributed by atoms with Crippen LogP contribution in [-0.2, 0) is 0 Å². The van der Waals surface area contributed by atoms with Crippen LogP contribution in [0.15, 0.2) is 28.7 Å². The summed E-state index contributed by atoms with van der Waals surface area (Å²) in [6.07, 6.45) is 2.39. The molecule has 5 rings (SSSR count). The van der Waals surface area contributed by atoms with E-state index in [-0.39, 0.29) is 5.75 Å². The zero-order chi connectivity index (χ0) is 20.1. The van der Waals surface area contributed by atoms with E-state index in [2.05, 4.69) is 32.9 Å². The van der Waals surface area contributed by atoms with Crippen molar-refractivity contribution in [2.75, 3.05) is 31.6 Å². The van der Waals surface area contributed by atoms with Gasteiger partial charge in [-0.25, -0.2) is 4.98 Å². The highest BCUT2D eigenvalue weighted by atomic mass is 16.4. The molecule has 0 bridgehead atoms. The minimum Gasteiger partial charge on any atom is -0.507 e. The van der Waals surface area contributed by atoms with Gasteiger partial charge in [-0.3, -0.25) is 0 Å². The summed E-state index contributed by atoms with van der Waals surface area (Å²) in [5, 5.41) is 19.5. The summed E-state index contributed by atoms with van der Waals surface area (Å²) >= 11 is 0. The molecule has 0 aliphatic carbocycles. The van der Waals surface area contributed by atoms with Gasteiger partial charge >= 0.3 is 0 Å². The first kappa shape index (κ1) is 18.0. The number of aromatic nitrogens is 2. The zero-order valence-electron chi connectivity index (χ0n) is 16.6. The lowest BCUT2D eigenvalue weighted by Crippen LogP contribution is -2.46. The second-order valence-corrected chi connectivity index (χ2v) is 8.17. The van der Waals surface area contributed by atoms with Gasteiger partial charge in [0, 0.05) is 24.7 Å². The second kappa shape index (κ2) is 6.75. The molecule has 148 valence electrons. The highest BCUT2D eigenvalue weighted by Crippen LogP contribution is 2.37. The molecule has 7 heteroatoms. The molecule has 0 spiro atoms. The third-order valence-electron chi connectivity index (χ3n) is 6.25. The summed E-state index contributed by atoms with van der Waals surface area (Å²) in [6, 6.07) is 10.0. The molecule has 29 heavy (non-hydrogen) atoms. The molecule has 0 amide bonds. The van der Waals surface area contributed by atoms with Crippen LogP contribution in [0.3, 0.4) is 0 Å². The highest BCUT2D eigenvalue weighted by Gasteiger charge is 2.39. The molecule has 2 fully saturated rings. The number of oxazole rings is 1. The van der Waals surface area contributed by atoms with Gasteiger partial charge in [-0.15, -0.1) is 0 Å². The maximum atomic E-state index is 10.4. The maximum Gasteiger partial charge on any atom is 0.300 e. The molecule has 2 aliphatic rings. The molecule has 2 aliphatic heterocycles. The standard InChI is InChI=1S/C22H23N5O2/c1-13-9-14(11-23)10-18(28)20(13)16-3-4-19-21(24-16)25-22(29-19)27-8-6-15-5-7-26(2)12-17(15)27/h3-4,9-10,15,17,28H,5-8,12H2,1-2H3/t15-,17-/m0/s1. The number of likely N-dealkylation sites (tertiary alicyclic amines) is 1. The fourth-order valence-electron chi connectivity index (χ4n) is 4.77. The van der Waals surface area contributed by atoms with Crippen LogP contribution >= 0.6 is 0 Å². The summed E-state index contributed by atoms with van der Waals surface area (Å²) in [5.74, 6) is 0.743. The number of piperidine rings is 1. The SMILES string of the molecule is Cc1cc(C#N)cc(O)c1-c1ccc2oc(N3CC[C@@H]4CCN(C)C[C@@H]43)nc2n1. The van der Waals surface area contributed by atoms with Crippen molar-refractivity contribution in [2.24, 2.45) is 5.92 Å². The van der Waals surface area contributed by atoms with Gasteiger partial charge in [0.25, 0.3) is 6.01 Å². The Morgan fingerprint density at radius 3 is 2.83 bits per heavy atom. The van der Waals surface area contributed by atoms with E-state index in [1.54, 1.807) is 6.07 Å². The van der Waals surface area contributed by atoms with Crippen molar-refractivity contribution in [1.29, 1.82) is 5.26 Å². The number of pyridine rings is 1. The summed E-state index contributed by atoms with van der Waals surface area (Å²) in [7, 11) is 2.17. The first-order valence-electron chi connectivity index (χ1n) is 10.0. The number of likely N-dealkylation sites (N-methyl/N-ethyl adjacent to an activating group) is 1. The molecule has 2 aromatic heterocycles. The minimum absolute atomic E-state index is 0.0461. The van der Waals surface area contributed by atoms with Crippen LogP contribution in [-0.4, -0.2) is 52.7 Å². The smallest absolute Gasteiger partial charge is 0.300 e. The van der Waals surface area contributed by atoms with Gasteiger partial charge in [0.2, 0.25) is 5.65 Å². The molecular formula is C22H23N5O2. The summed E-state index contributed by atoms with van der Waals surface area (Å²) in [4.78, 5) is 14.0. The number of hydrogen-bond donors (Lipinski definition) is 1. The molecule has 7 nitrogen and oxygen atoms in total. The number of aromatic hydroxyl groups is 1. The lowest BCUT2D eigenvalue weighted by atomic mass is 9.93. The van der Waals surface area contributed by atoms with E-state index in [0.29, 0.717) is 46.0 Å². The van der Waals surface area contributed by atoms with Crippen molar-refractivity contribution >= 4 is 17.2 Å². The Kier molecular flexibility index (Phi) is 4.18. The molecule has 0 radical (unpaired) electrons. The van der Waals surface area contributed by atoms with Gasteiger partial charge in [0.05, 0.1) is 17.3 Å². The van der Waals surface area contributed by atoms with Gasteiger partial charge < -0.3 is 19.3 Å². The number of nitriles is 1. The lowest BCUT2D eigenvalue weighted by molar-refractivity contribution is 0.206. The van der Waals surface area contributed by atoms with Crippen molar-refractivity contribution in [3.8, 4) is 23.1 Å². The van der Waals surface area contributed by atoms with Gasteiger partial charge in [-0.05, 0) is 69.1 Å². The van der Waals surface area contributed by atoms with Crippen LogP contribution in [0.4, 0.5) is 6.01 Å². The van der Waals surface area contributed by atoms with E-state index < -0.39 is 0 Å². The fourth-order valence-corrected chi connectivity index (χ4v) is 4.77. The van der Waals surface area contributed by atoms with E-state index in [0.717, 1.165) is 25.2 Å². The number of anilines is 1. The fraction of sp³-hybridized carbons (Fsp3) is 0.409. The summed E-state index contributed by atoms with van der Waals surface area (Å²) in [5.41, 5.74) is 3.63. The van der Waals surface area contributed by atoms with Crippen molar-refractivity contribution in [2.45, 2.75) is 25.8 Å². The Balaban J connectivity index is 1.51. The predicted molar refractivity (Wildman–Crippen MR) is 110 cm³/mol. The van der Waals surface area contributed by atoms with Crippen LogP contribution in [0.2, 0.25) is 0 Å². The van der Waals surface area contributed by atoms with Crippen LogP contribution in [0.1, 0.15) is 24.0 Å². The van der Waals surface area contributed by atoms with Crippen molar-refractivity contribution in [3.63, 3.8) is 0 Å². The minimum atomic E-state index is 0.0461. The molecular weight excluding hydrogens is 366 g/mol. The number of rotatable bonds is 2. The van der Waals surface area contributed by atoms with Crippen LogP contribution in [0, 0.1) is 24.2 Å². The van der Waals surface area contributed by atoms with Gasteiger partial charge in [0.15, 0.2) is 5.58 Å². The molecule has 1 N–H and O–H groups in total. The lowest BCUT2D eigenvalue weighted by Gasteiger charge is -2.35. The Hall–Kier alpha value is -3.11. The van der Waals surface area contributed by atoms with Gasteiger partial charge in [-0.1, -0.05) is 0 Å². The van der Waals surface area contributed by atoms with E-state index in [1.165, 1.54) is 18.9 Å². The maximum absolute atomic E-state index is 10.4. The first-order chi connectivity index (χ1) is 14.0. The second-order valence-electron chi connectivity index (χ2n) is 8.17. The average Bonchev–Trinajstić information content (AvgIpc) is 3.30. The molecule has 0 unspecified atom stereocenters. The Bertz CT molecular complexity index is 1110. The third kappa shape index (κ3) is 3.00. The summed E-state index contributed by atoms with van der Waals surface area (Å²) < 4.78 is 6.05. The quantitative estimate of drug-likeness (QED) is 0.719. The summed E-state index contributed by atoms with van der Waals surface area (Å²) in [6.45, 7) is 5.00. The number of fused-ring (bicyclic) bond motifs is 2. The molecule has 0 saturated carbocycles. The number of benzene rings is 1. The Labute approximate surface area is 169 Å². The third-order valence-corrected chi connectivity index (χ3v) is 6.25. The van der Waals surface area contributed by atoms with Crippen LogP contribution in [0.25, 0.3) is 22.5 Å². The van der Waals surface area contributed by atoms with Crippen LogP contribution in [0.5, 0.6) is 5.75 Å². The molecule has 4 heterocycles. The van der Waals surface area contributed by atoms with E-state index in [1.807, 2.05) is 19.1 Å². The highest BCUT2D eigenvalue weighted by molar-refractivity contribution is 5.79. The average molecular weight is 389 g/mol. The van der Waals surface area contributed by atoms with E-state index in [4.69, 9.17) is 9.68 Å². The van der Waals surface area contributed by atoms with Gasteiger partial charge in [-0.2, -0.15) is 10.2 Å². The number of phenols is 1. The Morgan fingerprint density at radius 1 is 1.21 bits per heavy atom. The normalized spacial score (nSPS) is 22.0. The molecule has 1 aromatic carbocycles. The number of nitrogens with zero attached hydrogens (tertiary/aromatic N) is 5. The van der Waals surface area contributed by atoms with E-state index >= 15 is 0 Å². The molecule has 2 saturated heterocycles. The predicted octanol–water partition coefficient (Wildman–Crippen LogP) is 3.31. The van der Waals surface area contributed by atoms with Crippen molar-refractivity contribution in [1.82, 2.24) is 14.9 Å². The van der Waals surface area contributed by atoms with Gasteiger partial charge in [0.1, 0.15) is 5.75 Å². The number of phenolic OH excluding ortho intramolecular Hbond substituents is 1. The van der Waals surface area contributed by atoms with Crippen LogP contribution < -0.4 is 4.90 Å². The molecule has 2 atom stereocenters. The number of hydrogen-bond acceptors (Lipinski definition) is 7. The topological polar surface area (TPSA) is 89.4 Å². The largest absolute Gasteiger partial charge is 0.507 e.